The summed E-state index contributed by atoms with van der Waals surface area (Å²) in [5.41, 5.74) is 1.22. The van der Waals surface area contributed by atoms with E-state index in [-0.39, 0.29) is 11.3 Å². The molecule has 0 aliphatic rings. The van der Waals surface area contributed by atoms with Crippen molar-refractivity contribution in [2.45, 2.75) is 17.4 Å². The fourth-order valence-corrected chi connectivity index (χ4v) is 4.46. The molecule has 1 atom stereocenters. The summed E-state index contributed by atoms with van der Waals surface area (Å²) in [4.78, 5) is 13.0. The monoisotopic (exact) mass is 478 g/mol. The maximum Gasteiger partial charge on any atom is 0.242 e. The van der Waals surface area contributed by atoms with Crippen LogP contribution in [0.4, 0.5) is 5.69 Å². The van der Waals surface area contributed by atoms with E-state index in [2.05, 4.69) is 10.0 Å². The van der Waals surface area contributed by atoms with Gasteiger partial charge in [0.05, 0.1) is 17.0 Å². The summed E-state index contributed by atoms with van der Waals surface area (Å²) >= 11 is 12.0. The van der Waals surface area contributed by atoms with Gasteiger partial charge >= 0.3 is 0 Å². The molecule has 31 heavy (non-hydrogen) atoms. The molecule has 9 heteroatoms. The Morgan fingerprint density at radius 3 is 2.29 bits per heavy atom. The minimum Gasteiger partial charge on any atom is -0.495 e. The maximum atomic E-state index is 13.0. The first-order chi connectivity index (χ1) is 14.8. The Labute approximate surface area is 191 Å². The third kappa shape index (κ3) is 6.21. The molecule has 0 fully saturated rings. The van der Waals surface area contributed by atoms with Gasteiger partial charge in [-0.05, 0) is 54.4 Å². The molecule has 0 aliphatic carbocycles. The number of ether oxygens (including phenoxy) is 1. The minimum absolute atomic E-state index is 0.00949. The second kappa shape index (κ2) is 10.2. The van der Waals surface area contributed by atoms with Crippen molar-refractivity contribution in [3.63, 3.8) is 0 Å². The number of halogens is 2. The number of sulfonamides is 1. The summed E-state index contributed by atoms with van der Waals surface area (Å²) in [7, 11) is -2.48. The number of nitrogens with one attached hydrogen (secondary N) is 2. The van der Waals surface area contributed by atoms with Crippen molar-refractivity contribution in [3.8, 4) is 5.75 Å². The van der Waals surface area contributed by atoms with E-state index < -0.39 is 22.0 Å². The SMILES string of the molecule is COc1ccc(NC(=O)[C@H](Cc2ccccc2)NS(=O)(=O)c2ccc(Cl)cc2)cc1Cl. The molecule has 3 rings (SSSR count). The lowest BCUT2D eigenvalue weighted by Crippen LogP contribution is -2.45. The minimum atomic E-state index is -3.97. The third-order valence-corrected chi connectivity index (χ3v) is 6.47. The molecule has 0 heterocycles. The molecule has 0 bridgehead atoms. The molecule has 162 valence electrons. The number of carbonyl (C=O) groups is 1. The topological polar surface area (TPSA) is 84.5 Å². The van der Waals surface area contributed by atoms with Crippen LogP contribution in [0.15, 0.2) is 77.7 Å². The lowest BCUT2D eigenvalue weighted by molar-refractivity contribution is -0.117. The molecule has 1 amide bonds. The lowest BCUT2D eigenvalue weighted by Gasteiger charge is -2.19. The zero-order valence-electron chi connectivity index (χ0n) is 16.5. The van der Waals surface area contributed by atoms with Crippen molar-refractivity contribution < 1.29 is 17.9 Å². The Morgan fingerprint density at radius 2 is 1.68 bits per heavy atom. The first-order valence-corrected chi connectivity index (χ1v) is 11.5. The maximum absolute atomic E-state index is 13.0. The van der Waals surface area contributed by atoms with Crippen LogP contribution in [0, 0.1) is 0 Å². The molecule has 0 saturated carbocycles. The fourth-order valence-electron chi connectivity index (χ4n) is 2.88. The summed E-state index contributed by atoms with van der Waals surface area (Å²) in [6.07, 6.45) is 0.156. The zero-order valence-corrected chi connectivity index (χ0v) is 18.8. The number of carbonyl (C=O) groups excluding carboxylic acids is 1. The highest BCUT2D eigenvalue weighted by atomic mass is 35.5. The number of hydrogen-bond donors (Lipinski definition) is 2. The molecule has 0 aliphatic heterocycles. The number of anilines is 1. The van der Waals surface area contributed by atoms with E-state index in [4.69, 9.17) is 27.9 Å². The Hall–Kier alpha value is -2.58. The van der Waals surface area contributed by atoms with Crippen LogP contribution in [-0.2, 0) is 21.2 Å². The van der Waals surface area contributed by atoms with E-state index in [1.165, 1.54) is 37.4 Å². The summed E-state index contributed by atoms with van der Waals surface area (Å²) in [5.74, 6) is -0.0634. The van der Waals surface area contributed by atoms with E-state index in [0.717, 1.165) is 5.56 Å². The van der Waals surface area contributed by atoms with E-state index >= 15 is 0 Å². The van der Waals surface area contributed by atoms with Gasteiger partial charge in [0, 0.05) is 10.7 Å². The van der Waals surface area contributed by atoms with Crippen LogP contribution in [0.2, 0.25) is 10.0 Å². The van der Waals surface area contributed by atoms with Crippen molar-refractivity contribution in [1.29, 1.82) is 0 Å². The van der Waals surface area contributed by atoms with Gasteiger partial charge in [-0.3, -0.25) is 4.79 Å². The lowest BCUT2D eigenvalue weighted by atomic mass is 10.1. The summed E-state index contributed by atoms with van der Waals surface area (Å²) in [6.45, 7) is 0. The van der Waals surface area contributed by atoms with E-state index in [1.54, 1.807) is 12.1 Å². The average Bonchev–Trinajstić information content (AvgIpc) is 2.74. The molecule has 0 spiro atoms. The molecule has 3 aromatic rings. The van der Waals surface area contributed by atoms with Crippen LogP contribution in [0.5, 0.6) is 5.75 Å². The normalized spacial score (nSPS) is 12.2. The number of methoxy groups -OCH3 is 1. The molecule has 0 saturated heterocycles. The first-order valence-electron chi connectivity index (χ1n) is 9.25. The van der Waals surface area contributed by atoms with Gasteiger partial charge in [0.2, 0.25) is 15.9 Å². The molecule has 0 radical (unpaired) electrons. The Morgan fingerprint density at radius 1 is 1.00 bits per heavy atom. The van der Waals surface area contributed by atoms with Gasteiger partial charge in [-0.2, -0.15) is 4.72 Å². The van der Waals surface area contributed by atoms with Crippen LogP contribution in [0.1, 0.15) is 5.56 Å². The van der Waals surface area contributed by atoms with Gasteiger partial charge < -0.3 is 10.1 Å². The van der Waals surface area contributed by atoms with Crippen molar-refractivity contribution in [3.05, 3.63) is 88.4 Å². The molecular weight excluding hydrogens is 459 g/mol. The summed E-state index contributed by atoms with van der Waals surface area (Å²) in [5, 5.41) is 3.44. The highest BCUT2D eigenvalue weighted by Crippen LogP contribution is 2.27. The summed E-state index contributed by atoms with van der Waals surface area (Å²) < 4.78 is 33.3. The predicted octanol–water partition coefficient (Wildman–Crippen LogP) is 4.53. The second-order valence-corrected chi connectivity index (χ2v) is 9.21. The molecular formula is C22H20Cl2N2O4S. The predicted molar refractivity (Wildman–Crippen MR) is 122 cm³/mol. The molecule has 6 nitrogen and oxygen atoms in total. The van der Waals surface area contributed by atoms with E-state index in [1.807, 2.05) is 30.3 Å². The molecule has 0 unspecified atom stereocenters. The smallest absolute Gasteiger partial charge is 0.242 e. The quantitative estimate of drug-likeness (QED) is 0.497. The van der Waals surface area contributed by atoms with Gasteiger partial charge in [-0.15, -0.1) is 0 Å². The molecule has 2 N–H and O–H groups in total. The summed E-state index contributed by atoms with van der Waals surface area (Å²) in [6, 6.07) is 18.5. The van der Waals surface area contributed by atoms with E-state index in [9.17, 15) is 13.2 Å². The number of rotatable bonds is 8. The van der Waals surface area contributed by atoms with Crippen LogP contribution in [0.25, 0.3) is 0 Å². The van der Waals surface area contributed by atoms with Gasteiger partial charge in [-0.1, -0.05) is 53.5 Å². The highest BCUT2D eigenvalue weighted by molar-refractivity contribution is 7.89. The Kier molecular flexibility index (Phi) is 7.56. The average molecular weight is 479 g/mol. The number of amides is 1. The van der Waals surface area contributed by atoms with Crippen LogP contribution in [-0.4, -0.2) is 27.5 Å². The molecule has 3 aromatic carbocycles. The first kappa shape index (κ1) is 23.1. The standard InChI is InChI=1S/C22H20Cl2N2O4S/c1-30-21-12-9-17(14-19(21)24)25-22(27)20(13-15-5-3-2-4-6-15)26-31(28,29)18-10-7-16(23)8-11-18/h2-12,14,20,26H,13H2,1H3,(H,25,27)/t20-/m0/s1. The Bertz CT molecular complexity index is 1150. The van der Waals surface area contributed by atoms with Crippen molar-refractivity contribution in [2.75, 3.05) is 12.4 Å². The van der Waals surface area contributed by atoms with Crippen LogP contribution >= 0.6 is 23.2 Å². The van der Waals surface area contributed by atoms with Gasteiger partial charge in [0.25, 0.3) is 0 Å². The number of benzene rings is 3. The Balaban J connectivity index is 1.85. The van der Waals surface area contributed by atoms with Gasteiger partial charge in [-0.25, -0.2) is 8.42 Å². The zero-order chi connectivity index (χ0) is 22.4. The highest BCUT2D eigenvalue weighted by Gasteiger charge is 2.26. The van der Waals surface area contributed by atoms with Crippen molar-refractivity contribution in [1.82, 2.24) is 4.72 Å². The van der Waals surface area contributed by atoms with E-state index in [0.29, 0.717) is 21.5 Å². The van der Waals surface area contributed by atoms with Crippen molar-refractivity contribution >= 4 is 44.8 Å². The fraction of sp³-hybridized carbons (Fsp3) is 0.136. The largest absolute Gasteiger partial charge is 0.495 e. The third-order valence-electron chi connectivity index (χ3n) is 4.44. The number of hydrogen-bond acceptors (Lipinski definition) is 4. The van der Waals surface area contributed by atoms with Crippen molar-refractivity contribution in [2.24, 2.45) is 0 Å². The second-order valence-electron chi connectivity index (χ2n) is 6.66. The molecule has 0 aromatic heterocycles. The van der Waals surface area contributed by atoms with Crippen LogP contribution < -0.4 is 14.8 Å². The van der Waals surface area contributed by atoms with Gasteiger partial charge in [0.1, 0.15) is 11.8 Å². The van der Waals surface area contributed by atoms with Crippen LogP contribution in [0.3, 0.4) is 0 Å². The van der Waals surface area contributed by atoms with Gasteiger partial charge in [0.15, 0.2) is 0 Å².